The van der Waals surface area contributed by atoms with Gasteiger partial charge in [0.15, 0.2) is 12.2 Å². The predicted octanol–water partition coefficient (Wildman–Crippen LogP) is -1.04. The third-order valence-electron chi connectivity index (χ3n) is 2.91. The van der Waals surface area contributed by atoms with Crippen molar-refractivity contribution in [3.8, 4) is 0 Å². The van der Waals surface area contributed by atoms with Gasteiger partial charge in [-0.3, -0.25) is 4.79 Å². The number of aliphatic hydroxyl groups is 2. The Hall–Kier alpha value is -1.71. The molecule has 0 heterocycles. The molecule has 0 aromatic heterocycles. The summed E-state index contributed by atoms with van der Waals surface area (Å²) in [6, 6.07) is 0. The Morgan fingerprint density at radius 1 is 1.00 bits per heavy atom. The van der Waals surface area contributed by atoms with Crippen molar-refractivity contribution in [1.82, 2.24) is 4.90 Å². The molecule has 1 unspecified atom stereocenters. The van der Waals surface area contributed by atoms with Crippen LogP contribution < -0.4 is 5.73 Å². The smallest absolute Gasteiger partial charge is 0.335 e. The molecule has 136 valence electrons. The summed E-state index contributed by atoms with van der Waals surface area (Å²) in [5.74, 6) is -2.40. The van der Waals surface area contributed by atoms with Crippen LogP contribution in [0.4, 0.5) is 0 Å². The van der Waals surface area contributed by atoms with Gasteiger partial charge < -0.3 is 31.1 Å². The monoisotopic (exact) mass is 336 g/mol. The molecule has 0 rings (SSSR count). The van der Waals surface area contributed by atoms with Crippen LogP contribution >= 0.6 is 0 Å². The summed E-state index contributed by atoms with van der Waals surface area (Å²) < 4.78 is 0. The molecule has 9 heteroatoms. The molecule has 0 bridgehead atoms. The van der Waals surface area contributed by atoms with Crippen LogP contribution in [-0.4, -0.2) is 76.0 Å². The van der Waals surface area contributed by atoms with E-state index in [1.165, 1.54) is 0 Å². The van der Waals surface area contributed by atoms with Crippen molar-refractivity contribution < 1.29 is 34.8 Å². The van der Waals surface area contributed by atoms with Gasteiger partial charge in [-0.25, -0.2) is 9.59 Å². The molecular formula is C14H28N2O7. The van der Waals surface area contributed by atoms with Crippen molar-refractivity contribution in [3.63, 3.8) is 0 Å². The zero-order chi connectivity index (χ0) is 18.7. The molecule has 1 amide bonds. The highest BCUT2D eigenvalue weighted by atomic mass is 16.4. The lowest BCUT2D eigenvalue weighted by Crippen LogP contribution is -2.39. The average molecular weight is 336 g/mol. The molecule has 0 spiro atoms. The van der Waals surface area contributed by atoms with Crippen molar-refractivity contribution in [2.24, 2.45) is 17.6 Å². The van der Waals surface area contributed by atoms with Gasteiger partial charge >= 0.3 is 11.9 Å². The Kier molecular flexibility index (Phi) is 12.1. The summed E-state index contributed by atoms with van der Waals surface area (Å²) in [7, 11) is 3.57. The number of carbonyl (C=O) groups is 3. The summed E-state index contributed by atoms with van der Waals surface area (Å²) in [5, 5.41) is 32.5. The van der Waals surface area contributed by atoms with Gasteiger partial charge in [0.1, 0.15) is 0 Å². The molecule has 0 aliphatic carbocycles. The molecule has 0 aliphatic heterocycles. The molecule has 0 aromatic rings. The van der Waals surface area contributed by atoms with E-state index in [0.717, 1.165) is 6.42 Å². The molecule has 0 saturated carbocycles. The lowest BCUT2D eigenvalue weighted by atomic mass is 9.94. The lowest BCUT2D eigenvalue weighted by Gasteiger charge is -2.18. The predicted molar refractivity (Wildman–Crippen MR) is 82.6 cm³/mol. The number of rotatable bonds is 8. The van der Waals surface area contributed by atoms with Crippen LogP contribution in [0.25, 0.3) is 0 Å². The second kappa shape index (κ2) is 11.8. The normalized spacial score (nSPS) is 14.3. The van der Waals surface area contributed by atoms with Crippen LogP contribution in [0.2, 0.25) is 0 Å². The number of carboxylic acids is 2. The highest BCUT2D eigenvalue weighted by Crippen LogP contribution is 2.14. The van der Waals surface area contributed by atoms with Crippen LogP contribution in [-0.2, 0) is 14.4 Å². The number of carbonyl (C=O) groups excluding carboxylic acids is 1. The third kappa shape index (κ3) is 11.5. The van der Waals surface area contributed by atoms with Gasteiger partial charge in [-0.05, 0) is 24.8 Å². The number of nitrogens with two attached hydrogens (primary N) is 1. The van der Waals surface area contributed by atoms with Crippen molar-refractivity contribution >= 4 is 17.8 Å². The zero-order valence-electron chi connectivity index (χ0n) is 14.0. The summed E-state index contributed by atoms with van der Waals surface area (Å²) in [4.78, 5) is 32.5. The molecule has 23 heavy (non-hydrogen) atoms. The summed E-state index contributed by atoms with van der Waals surface area (Å²) in [5.41, 5.74) is 5.60. The summed E-state index contributed by atoms with van der Waals surface area (Å²) in [6.07, 6.45) is -2.91. The van der Waals surface area contributed by atoms with E-state index in [4.69, 9.17) is 26.2 Å². The van der Waals surface area contributed by atoms with Gasteiger partial charge in [-0.2, -0.15) is 0 Å². The van der Waals surface area contributed by atoms with Crippen LogP contribution in [0, 0.1) is 11.8 Å². The van der Waals surface area contributed by atoms with Crippen molar-refractivity contribution in [2.45, 2.75) is 38.9 Å². The molecule has 9 nitrogen and oxygen atoms in total. The molecule has 0 aromatic carbocycles. The Morgan fingerprint density at radius 2 is 1.39 bits per heavy atom. The fourth-order valence-corrected chi connectivity index (χ4v) is 1.63. The fraction of sp³-hybridized carbons (Fsp3) is 0.786. The second-order valence-electron chi connectivity index (χ2n) is 5.79. The maximum Gasteiger partial charge on any atom is 0.335 e. The Morgan fingerprint density at radius 3 is 1.61 bits per heavy atom. The minimum Gasteiger partial charge on any atom is -0.479 e. The van der Waals surface area contributed by atoms with Crippen LogP contribution in [0.15, 0.2) is 0 Å². The molecule has 0 radical (unpaired) electrons. The minimum atomic E-state index is -2.27. The third-order valence-corrected chi connectivity index (χ3v) is 2.91. The maximum absolute atomic E-state index is 11.4. The summed E-state index contributed by atoms with van der Waals surface area (Å²) >= 11 is 0. The standard InChI is InChI=1S/C10H22N2O.C4H6O6/c1-8(2)5-9(7-11)6-10(13)12(3)4;5-1(3(7)8)2(6)4(9)10/h8-9H,5-7,11H2,1-4H3;1-2,5-6H,(H,7,8)(H,9,10)/t9-;1-,2?/m00/s1. The van der Waals surface area contributed by atoms with Gasteiger partial charge in [0.2, 0.25) is 5.91 Å². The average Bonchev–Trinajstić information content (AvgIpc) is 2.44. The molecule has 6 N–H and O–H groups in total. The van der Waals surface area contributed by atoms with Gasteiger partial charge in [-0.1, -0.05) is 13.8 Å². The topological polar surface area (TPSA) is 161 Å². The SMILES string of the molecule is CC(C)C[C@H](CN)CC(=O)N(C)C.O=C(O)C(O)[C@H](O)C(=O)O. The first kappa shape index (κ1) is 23.6. The number of amides is 1. The Bertz CT molecular complexity index is 367. The van der Waals surface area contributed by atoms with E-state index < -0.39 is 24.1 Å². The van der Waals surface area contributed by atoms with E-state index in [1.807, 2.05) is 0 Å². The number of aliphatic hydroxyl groups excluding tert-OH is 2. The van der Waals surface area contributed by atoms with E-state index in [1.54, 1.807) is 19.0 Å². The number of hydrogen-bond acceptors (Lipinski definition) is 6. The van der Waals surface area contributed by atoms with Gasteiger partial charge in [-0.15, -0.1) is 0 Å². The van der Waals surface area contributed by atoms with Crippen LogP contribution in [0.3, 0.4) is 0 Å². The van der Waals surface area contributed by atoms with Crippen molar-refractivity contribution in [1.29, 1.82) is 0 Å². The van der Waals surface area contributed by atoms with Gasteiger partial charge in [0, 0.05) is 20.5 Å². The zero-order valence-corrected chi connectivity index (χ0v) is 14.0. The van der Waals surface area contributed by atoms with Crippen LogP contribution in [0.5, 0.6) is 0 Å². The van der Waals surface area contributed by atoms with E-state index in [-0.39, 0.29) is 5.91 Å². The number of nitrogens with zero attached hydrogens (tertiary/aromatic N) is 1. The fourth-order valence-electron chi connectivity index (χ4n) is 1.63. The Balaban J connectivity index is 0. The molecule has 0 fully saturated rings. The molecule has 0 aliphatic rings. The quantitative estimate of drug-likeness (QED) is 0.375. The van der Waals surface area contributed by atoms with Crippen molar-refractivity contribution in [3.05, 3.63) is 0 Å². The van der Waals surface area contributed by atoms with Gasteiger partial charge in [0.05, 0.1) is 0 Å². The first-order valence-corrected chi connectivity index (χ1v) is 7.15. The van der Waals surface area contributed by atoms with E-state index >= 15 is 0 Å². The van der Waals surface area contributed by atoms with E-state index in [0.29, 0.717) is 24.8 Å². The van der Waals surface area contributed by atoms with Gasteiger partial charge in [0.25, 0.3) is 0 Å². The molecule has 3 atom stereocenters. The first-order chi connectivity index (χ1) is 10.4. The number of carboxylic acid groups (broad SMARTS) is 2. The minimum absolute atomic E-state index is 0.177. The largest absolute Gasteiger partial charge is 0.479 e. The van der Waals surface area contributed by atoms with E-state index in [9.17, 15) is 14.4 Å². The maximum atomic E-state index is 11.4. The second-order valence-corrected chi connectivity index (χ2v) is 5.79. The first-order valence-electron chi connectivity index (χ1n) is 7.15. The Labute approximate surface area is 135 Å². The van der Waals surface area contributed by atoms with E-state index in [2.05, 4.69) is 13.8 Å². The van der Waals surface area contributed by atoms with Crippen LogP contribution in [0.1, 0.15) is 26.7 Å². The summed E-state index contributed by atoms with van der Waals surface area (Å²) in [6.45, 7) is 4.92. The highest BCUT2D eigenvalue weighted by molar-refractivity contribution is 5.83. The molecule has 0 saturated heterocycles. The number of hydrogen-bond donors (Lipinski definition) is 5. The number of aliphatic carboxylic acids is 2. The highest BCUT2D eigenvalue weighted by Gasteiger charge is 2.29. The van der Waals surface area contributed by atoms with Crippen molar-refractivity contribution in [2.75, 3.05) is 20.6 Å². The lowest BCUT2D eigenvalue weighted by molar-refractivity contribution is -0.165. The molecular weight excluding hydrogens is 308 g/mol.